The number of ether oxygens (including phenoxy) is 3. The van der Waals surface area contributed by atoms with E-state index in [1.807, 2.05) is 47.4 Å². The van der Waals surface area contributed by atoms with Gasteiger partial charge in [-0.1, -0.05) is 30.3 Å². The van der Waals surface area contributed by atoms with E-state index in [9.17, 15) is 9.59 Å². The SMILES string of the molecule is CCOC(=O)CC1c2cc(OC)c(OC)cc2CCN1CC(=O)NCc1ccccc1. The van der Waals surface area contributed by atoms with E-state index in [1.165, 1.54) is 0 Å². The first-order valence-electron chi connectivity index (χ1n) is 10.5. The van der Waals surface area contributed by atoms with Gasteiger partial charge in [-0.05, 0) is 42.2 Å². The minimum absolute atomic E-state index is 0.0818. The van der Waals surface area contributed by atoms with E-state index >= 15 is 0 Å². The van der Waals surface area contributed by atoms with Crippen molar-refractivity contribution >= 4 is 11.9 Å². The maximum atomic E-state index is 12.7. The van der Waals surface area contributed by atoms with Crippen LogP contribution in [0.5, 0.6) is 11.5 Å². The highest BCUT2D eigenvalue weighted by atomic mass is 16.5. The first-order valence-corrected chi connectivity index (χ1v) is 10.5. The third-order valence-corrected chi connectivity index (χ3v) is 5.46. The molecule has 0 saturated carbocycles. The zero-order valence-electron chi connectivity index (χ0n) is 18.3. The number of fused-ring (bicyclic) bond motifs is 1. The molecule has 0 spiro atoms. The van der Waals surface area contributed by atoms with Gasteiger partial charge in [-0.3, -0.25) is 14.5 Å². The second-order valence-corrected chi connectivity index (χ2v) is 7.41. The van der Waals surface area contributed by atoms with Crippen molar-refractivity contribution in [2.75, 3.05) is 33.9 Å². The minimum Gasteiger partial charge on any atom is -0.493 e. The molecule has 31 heavy (non-hydrogen) atoms. The number of nitrogens with zero attached hydrogens (tertiary/aromatic N) is 1. The first-order chi connectivity index (χ1) is 15.0. The van der Waals surface area contributed by atoms with Crippen molar-refractivity contribution in [2.45, 2.75) is 32.4 Å². The summed E-state index contributed by atoms with van der Waals surface area (Å²) in [4.78, 5) is 27.0. The minimum atomic E-state index is -0.287. The lowest BCUT2D eigenvalue weighted by atomic mass is 9.90. The van der Waals surface area contributed by atoms with Crippen LogP contribution in [-0.2, 0) is 27.3 Å². The van der Waals surface area contributed by atoms with Crippen LogP contribution in [0.2, 0.25) is 0 Å². The number of methoxy groups -OCH3 is 2. The van der Waals surface area contributed by atoms with Gasteiger partial charge in [0.1, 0.15) is 0 Å². The van der Waals surface area contributed by atoms with Crippen LogP contribution in [0.1, 0.15) is 36.1 Å². The Morgan fingerprint density at radius 3 is 2.48 bits per heavy atom. The molecule has 2 aromatic carbocycles. The zero-order chi connectivity index (χ0) is 22.2. The molecule has 1 aliphatic rings. The van der Waals surface area contributed by atoms with E-state index in [1.54, 1.807) is 21.1 Å². The molecule has 2 aromatic rings. The van der Waals surface area contributed by atoms with Crippen LogP contribution in [0.15, 0.2) is 42.5 Å². The number of carbonyl (C=O) groups is 2. The Kier molecular flexibility index (Phi) is 7.89. The third-order valence-electron chi connectivity index (χ3n) is 5.46. The Labute approximate surface area is 183 Å². The van der Waals surface area contributed by atoms with Crippen molar-refractivity contribution in [1.82, 2.24) is 10.2 Å². The zero-order valence-corrected chi connectivity index (χ0v) is 18.3. The monoisotopic (exact) mass is 426 g/mol. The molecule has 1 amide bonds. The fourth-order valence-electron chi connectivity index (χ4n) is 3.92. The van der Waals surface area contributed by atoms with E-state index in [-0.39, 0.29) is 30.9 Å². The van der Waals surface area contributed by atoms with Gasteiger partial charge in [-0.15, -0.1) is 0 Å². The predicted octanol–water partition coefficient (Wildman–Crippen LogP) is 2.87. The lowest BCUT2D eigenvalue weighted by Crippen LogP contribution is -2.43. The molecule has 0 fully saturated rings. The molecule has 1 heterocycles. The van der Waals surface area contributed by atoms with Crippen LogP contribution in [0.25, 0.3) is 0 Å². The van der Waals surface area contributed by atoms with Gasteiger partial charge >= 0.3 is 5.97 Å². The van der Waals surface area contributed by atoms with Crippen molar-refractivity contribution in [3.05, 3.63) is 59.2 Å². The fourth-order valence-corrected chi connectivity index (χ4v) is 3.92. The number of nitrogens with one attached hydrogen (secondary N) is 1. The summed E-state index contributed by atoms with van der Waals surface area (Å²) in [6, 6.07) is 13.4. The molecule has 0 aromatic heterocycles. The number of rotatable bonds is 9. The Morgan fingerprint density at radius 1 is 1.10 bits per heavy atom. The molecule has 1 N–H and O–H groups in total. The lowest BCUT2D eigenvalue weighted by Gasteiger charge is -2.37. The van der Waals surface area contributed by atoms with E-state index < -0.39 is 0 Å². The fraction of sp³-hybridized carbons (Fsp3) is 0.417. The standard InChI is InChI=1S/C24H30N2O5/c1-4-31-24(28)14-20-19-13-22(30-3)21(29-2)12-18(19)10-11-26(20)16-23(27)25-15-17-8-6-5-7-9-17/h5-9,12-13,20H,4,10-11,14-16H2,1-3H3,(H,25,27). The topological polar surface area (TPSA) is 77.1 Å². The molecule has 7 nitrogen and oxygen atoms in total. The van der Waals surface area contributed by atoms with Crippen LogP contribution < -0.4 is 14.8 Å². The van der Waals surface area contributed by atoms with Crippen molar-refractivity contribution in [3.8, 4) is 11.5 Å². The Morgan fingerprint density at radius 2 is 1.81 bits per heavy atom. The molecule has 3 rings (SSSR count). The highest BCUT2D eigenvalue weighted by molar-refractivity contribution is 5.78. The molecule has 166 valence electrons. The largest absolute Gasteiger partial charge is 0.493 e. The van der Waals surface area contributed by atoms with Gasteiger partial charge in [-0.2, -0.15) is 0 Å². The predicted molar refractivity (Wildman–Crippen MR) is 117 cm³/mol. The summed E-state index contributed by atoms with van der Waals surface area (Å²) in [5, 5.41) is 2.97. The average Bonchev–Trinajstić information content (AvgIpc) is 2.79. The van der Waals surface area contributed by atoms with Crippen molar-refractivity contribution in [2.24, 2.45) is 0 Å². The molecule has 7 heteroatoms. The first kappa shape index (κ1) is 22.6. The number of carbonyl (C=O) groups excluding carboxylic acids is 2. The van der Waals surface area contributed by atoms with Gasteiger partial charge in [0.05, 0.1) is 33.8 Å². The van der Waals surface area contributed by atoms with E-state index in [2.05, 4.69) is 5.32 Å². The summed E-state index contributed by atoms with van der Waals surface area (Å²) in [6.45, 7) is 3.44. The lowest BCUT2D eigenvalue weighted by molar-refractivity contribution is -0.145. The molecule has 0 saturated heterocycles. The maximum Gasteiger partial charge on any atom is 0.307 e. The molecule has 1 aliphatic heterocycles. The Hall–Kier alpha value is -3.06. The summed E-state index contributed by atoms with van der Waals surface area (Å²) in [7, 11) is 3.19. The van der Waals surface area contributed by atoms with E-state index in [0.29, 0.717) is 31.2 Å². The molecule has 0 radical (unpaired) electrons. The Balaban J connectivity index is 1.78. The van der Waals surface area contributed by atoms with E-state index in [0.717, 1.165) is 23.1 Å². The summed E-state index contributed by atoms with van der Waals surface area (Å²) in [5.74, 6) is 0.891. The van der Waals surface area contributed by atoms with Crippen LogP contribution in [-0.4, -0.2) is 50.7 Å². The summed E-state index contributed by atoms with van der Waals surface area (Å²) in [6.07, 6.45) is 0.920. The van der Waals surface area contributed by atoms with Crippen LogP contribution >= 0.6 is 0 Å². The number of amides is 1. The summed E-state index contributed by atoms with van der Waals surface area (Å²) in [5.41, 5.74) is 3.10. The van der Waals surface area contributed by atoms with Gasteiger partial charge < -0.3 is 19.5 Å². The van der Waals surface area contributed by atoms with Crippen LogP contribution in [0, 0.1) is 0 Å². The smallest absolute Gasteiger partial charge is 0.307 e. The van der Waals surface area contributed by atoms with Crippen LogP contribution in [0.3, 0.4) is 0 Å². The molecule has 0 aliphatic carbocycles. The second kappa shape index (κ2) is 10.8. The van der Waals surface area contributed by atoms with Gasteiger partial charge in [0, 0.05) is 19.1 Å². The molecule has 0 bridgehead atoms. The number of benzene rings is 2. The number of esters is 1. The molecular weight excluding hydrogens is 396 g/mol. The summed E-state index contributed by atoms with van der Waals surface area (Å²) >= 11 is 0. The maximum absolute atomic E-state index is 12.7. The summed E-state index contributed by atoms with van der Waals surface area (Å²) < 4.78 is 16.1. The number of hydrogen-bond donors (Lipinski definition) is 1. The molecule has 1 atom stereocenters. The quantitative estimate of drug-likeness (QED) is 0.622. The molecule has 1 unspecified atom stereocenters. The van der Waals surface area contributed by atoms with Gasteiger partial charge in [-0.25, -0.2) is 0 Å². The van der Waals surface area contributed by atoms with E-state index in [4.69, 9.17) is 14.2 Å². The number of hydrogen-bond acceptors (Lipinski definition) is 6. The molecular formula is C24H30N2O5. The van der Waals surface area contributed by atoms with Gasteiger partial charge in [0.25, 0.3) is 0 Å². The normalized spacial score (nSPS) is 15.6. The average molecular weight is 427 g/mol. The highest BCUT2D eigenvalue weighted by Crippen LogP contribution is 2.39. The van der Waals surface area contributed by atoms with Crippen molar-refractivity contribution in [1.29, 1.82) is 0 Å². The highest BCUT2D eigenvalue weighted by Gasteiger charge is 2.32. The third kappa shape index (κ3) is 5.76. The van der Waals surface area contributed by atoms with Crippen molar-refractivity contribution in [3.63, 3.8) is 0 Å². The Bertz CT molecular complexity index is 900. The van der Waals surface area contributed by atoms with Gasteiger partial charge in [0.15, 0.2) is 11.5 Å². The second-order valence-electron chi connectivity index (χ2n) is 7.41. The van der Waals surface area contributed by atoms with Crippen LogP contribution in [0.4, 0.5) is 0 Å². The van der Waals surface area contributed by atoms with Crippen molar-refractivity contribution < 1.29 is 23.8 Å². The van der Waals surface area contributed by atoms with Gasteiger partial charge in [0.2, 0.25) is 5.91 Å².